The molecule has 0 aliphatic carbocycles. The lowest BCUT2D eigenvalue weighted by molar-refractivity contribution is -0.245. The first kappa shape index (κ1) is 16.5. The predicted molar refractivity (Wildman–Crippen MR) is 83.0 cm³/mol. The van der Waals surface area contributed by atoms with Gasteiger partial charge in [0.25, 0.3) is 5.79 Å². The van der Waals surface area contributed by atoms with Gasteiger partial charge in [0.05, 0.1) is 0 Å². The second-order valence-electron chi connectivity index (χ2n) is 6.59. The Bertz CT molecular complexity index is 542. The van der Waals surface area contributed by atoms with Crippen LogP contribution in [0, 0.1) is 11.8 Å². The number of ether oxygens (including phenoxy) is 2. The van der Waals surface area contributed by atoms with Gasteiger partial charge >= 0.3 is 11.9 Å². The number of hydrogen-bond acceptors (Lipinski definition) is 4. The molecular weight excluding hydrogens is 280 g/mol. The van der Waals surface area contributed by atoms with Crippen molar-refractivity contribution in [1.29, 1.82) is 0 Å². The molecule has 1 aliphatic rings. The molecule has 0 N–H and O–H groups in total. The van der Waals surface area contributed by atoms with Gasteiger partial charge in [0, 0.05) is 19.3 Å². The molecule has 0 radical (unpaired) electrons. The number of cyclic esters (lactones) is 2. The molecule has 0 bridgehead atoms. The van der Waals surface area contributed by atoms with Gasteiger partial charge < -0.3 is 9.47 Å². The number of carbonyl (C=O) groups is 2. The van der Waals surface area contributed by atoms with Crippen LogP contribution in [0.25, 0.3) is 0 Å². The third-order valence-corrected chi connectivity index (χ3v) is 4.61. The molecule has 1 aromatic carbocycles. The zero-order chi connectivity index (χ0) is 16.5. The van der Waals surface area contributed by atoms with Gasteiger partial charge in [-0.05, 0) is 17.9 Å². The summed E-state index contributed by atoms with van der Waals surface area (Å²) in [6.45, 7) is 9.19. The van der Waals surface area contributed by atoms with Crippen molar-refractivity contribution in [2.75, 3.05) is 0 Å². The second-order valence-corrected chi connectivity index (χ2v) is 6.59. The summed E-state index contributed by atoms with van der Waals surface area (Å²) in [6.07, 6.45) is 0.643. The number of rotatable bonds is 4. The van der Waals surface area contributed by atoms with Crippen LogP contribution in [0.5, 0.6) is 0 Å². The van der Waals surface area contributed by atoms with E-state index >= 15 is 0 Å². The molecule has 0 amide bonds. The average molecular weight is 304 g/mol. The van der Waals surface area contributed by atoms with Crippen LogP contribution in [0.2, 0.25) is 0 Å². The van der Waals surface area contributed by atoms with Crippen LogP contribution in [0.15, 0.2) is 30.3 Å². The number of hydrogen-bond donors (Lipinski definition) is 0. The van der Waals surface area contributed by atoms with Crippen molar-refractivity contribution < 1.29 is 19.1 Å². The van der Waals surface area contributed by atoms with Gasteiger partial charge in [0.15, 0.2) is 5.92 Å². The molecule has 4 heteroatoms. The number of benzene rings is 1. The maximum absolute atomic E-state index is 12.6. The normalized spacial score (nSPS) is 21.2. The quantitative estimate of drug-likeness (QED) is 0.631. The highest BCUT2D eigenvalue weighted by molar-refractivity contribution is 5.98. The fourth-order valence-corrected chi connectivity index (χ4v) is 3.54. The number of esters is 2. The molecule has 0 unspecified atom stereocenters. The standard InChI is InChI=1S/C18H24O4/c1-6-18(12(2)3,13-10-8-7-9-11-13)14-15(19)21-17(4,5)22-16(14)20/h7-12,14H,6H2,1-5H3/t18-/m1/s1. The lowest BCUT2D eigenvalue weighted by Gasteiger charge is -2.45. The van der Waals surface area contributed by atoms with Crippen molar-refractivity contribution in [1.82, 2.24) is 0 Å². The molecular formula is C18H24O4. The van der Waals surface area contributed by atoms with Gasteiger partial charge in [-0.3, -0.25) is 9.59 Å². The molecule has 1 aromatic rings. The van der Waals surface area contributed by atoms with Crippen LogP contribution in [0.4, 0.5) is 0 Å². The lowest BCUT2D eigenvalue weighted by Crippen LogP contribution is -2.56. The highest BCUT2D eigenvalue weighted by Crippen LogP contribution is 2.46. The second kappa shape index (κ2) is 5.75. The Morgan fingerprint density at radius 1 is 1.09 bits per heavy atom. The number of carbonyl (C=O) groups excluding carboxylic acids is 2. The van der Waals surface area contributed by atoms with Crippen molar-refractivity contribution in [3.05, 3.63) is 35.9 Å². The Balaban J connectivity index is 2.56. The molecule has 1 fully saturated rings. The van der Waals surface area contributed by atoms with Crippen molar-refractivity contribution in [2.45, 2.75) is 52.2 Å². The van der Waals surface area contributed by atoms with Crippen LogP contribution in [0.3, 0.4) is 0 Å². The van der Waals surface area contributed by atoms with E-state index in [1.807, 2.05) is 51.1 Å². The first-order chi connectivity index (χ1) is 10.2. The predicted octanol–water partition coefficient (Wildman–Crippen LogP) is 3.44. The third-order valence-electron chi connectivity index (χ3n) is 4.61. The van der Waals surface area contributed by atoms with Crippen molar-refractivity contribution in [2.24, 2.45) is 11.8 Å². The van der Waals surface area contributed by atoms with E-state index < -0.39 is 29.1 Å². The van der Waals surface area contributed by atoms with Crippen LogP contribution in [-0.4, -0.2) is 17.7 Å². The molecule has 1 heterocycles. The Morgan fingerprint density at radius 3 is 2.00 bits per heavy atom. The van der Waals surface area contributed by atoms with Crippen molar-refractivity contribution >= 4 is 11.9 Å². The van der Waals surface area contributed by atoms with Gasteiger partial charge in [-0.1, -0.05) is 51.1 Å². The lowest BCUT2D eigenvalue weighted by atomic mass is 9.61. The van der Waals surface area contributed by atoms with E-state index in [4.69, 9.17) is 9.47 Å². The molecule has 120 valence electrons. The van der Waals surface area contributed by atoms with E-state index in [2.05, 4.69) is 0 Å². The van der Waals surface area contributed by atoms with E-state index in [-0.39, 0.29) is 5.92 Å². The highest BCUT2D eigenvalue weighted by Gasteiger charge is 2.56. The third kappa shape index (κ3) is 2.62. The van der Waals surface area contributed by atoms with E-state index in [0.29, 0.717) is 6.42 Å². The maximum Gasteiger partial charge on any atom is 0.324 e. The minimum Gasteiger partial charge on any atom is -0.422 e. The summed E-state index contributed by atoms with van der Waals surface area (Å²) in [5.41, 5.74) is 0.331. The van der Waals surface area contributed by atoms with Gasteiger partial charge in [-0.15, -0.1) is 0 Å². The van der Waals surface area contributed by atoms with Crippen LogP contribution >= 0.6 is 0 Å². The smallest absolute Gasteiger partial charge is 0.324 e. The van der Waals surface area contributed by atoms with Crippen molar-refractivity contribution in [3.8, 4) is 0 Å². The summed E-state index contributed by atoms with van der Waals surface area (Å²) < 4.78 is 10.7. The van der Waals surface area contributed by atoms with Gasteiger partial charge in [0.1, 0.15) is 0 Å². The first-order valence-corrected chi connectivity index (χ1v) is 7.76. The minimum absolute atomic E-state index is 0.0752. The molecule has 1 aliphatic heterocycles. The Labute approximate surface area is 131 Å². The van der Waals surface area contributed by atoms with Crippen LogP contribution in [0.1, 0.15) is 46.6 Å². The van der Waals surface area contributed by atoms with Crippen LogP contribution in [-0.2, 0) is 24.5 Å². The van der Waals surface area contributed by atoms with E-state index in [0.717, 1.165) is 5.56 Å². The van der Waals surface area contributed by atoms with Gasteiger partial charge in [0.2, 0.25) is 0 Å². The topological polar surface area (TPSA) is 52.6 Å². The molecule has 4 nitrogen and oxygen atoms in total. The molecule has 2 rings (SSSR count). The fraction of sp³-hybridized carbons (Fsp3) is 0.556. The first-order valence-electron chi connectivity index (χ1n) is 7.76. The highest BCUT2D eigenvalue weighted by atomic mass is 16.7. The van der Waals surface area contributed by atoms with Gasteiger partial charge in [-0.25, -0.2) is 0 Å². The van der Waals surface area contributed by atoms with Crippen LogP contribution < -0.4 is 0 Å². The zero-order valence-corrected chi connectivity index (χ0v) is 13.9. The van der Waals surface area contributed by atoms with E-state index in [1.165, 1.54) is 0 Å². The van der Waals surface area contributed by atoms with Gasteiger partial charge in [-0.2, -0.15) is 0 Å². The fourth-order valence-electron chi connectivity index (χ4n) is 3.54. The van der Waals surface area contributed by atoms with Crippen molar-refractivity contribution in [3.63, 3.8) is 0 Å². The minimum atomic E-state index is -1.20. The van der Waals surface area contributed by atoms with E-state index in [9.17, 15) is 9.59 Å². The average Bonchev–Trinajstić information content (AvgIpc) is 2.42. The molecule has 1 saturated heterocycles. The summed E-state index contributed by atoms with van der Waals surface area (Å²) >= 11 is 0. The molecule has 22 heavy (non-hydrogen) atoms. The zero-order valence-electron chi connectivity index (χ0n) is 13.9. The van der Waals surface area contributed by atoms with E-state index in [1.54, 1.807) is 13.8 Å². The molecule has 0 aromatic heterocycles. The summed E-state index contributed by atoms with van der Waals surface area (Å²) in [5.74, 6) is -3.06. The SMILES string of the molecule is CC[C@](c1ccccc1)(C(C)C)C1C(=O)OC(C)(C)OC1=O. The largest absolute Gasteiger partial charge is 0.422 e. The Morgan fingerprint density at radius 2 is 1.59 bits per heavy atom. The summed E-state index contributed by atoms with van der Waals surface area (Å²) in [5, 5.41) is 0. The summed E-state index contributed by atoms with van der Waals surface area (Å²) in [6, 6.07) is 9.69. The molecule has 0 spiro atoms. The monoisotopic (exact) mass is 304 g/mol. The summed E-state index contributed by atoms with van der Waals surface area (Å²) in [4.78, 5) is 25.2. The molecule has 0 saturated carbocycles. The maximum atomic E-state index is 12.6. The Kier molecular flexibility index (Phi) is 4.32. The summed E-state index contributed by atoms with van der Waals surface area (Å²) in [7, 11) is 0. The molecule has 1 atom stereocenters. The Hall–Kier alpha value is -1.84.